The van der Waals surface area contributed by atoms with E-state index in [1.54, 1.807) is 45.0 Å². The van der Waals surface area contributed by atoms with Crippen LogP contribution in [0.15, 0.2) is 36.4 Å². The molecule has 2 heterocycles. The lowest BCUT2D eigenvalue weighted by Gasteiger charge is -2.21. The van der Waals surface area contributed by atoms with Crippen molar-refractivity contribution in [2.75, 3.05) is 6.26 Å². The first-order valence-corrected chi connectivity index (χ1v) is 11.9. The monoisotopic (exact) mass is 470 g/mol. The fourth-order valence-corrected chi connectivity index (χ4v) is 4.27. The number of amides is 1. The van der Waals surface area contributed by atoms with E-state index in [9.17, 15) is 22.8 Å². The molecule has 0 aliphatic carbocycles. The maximum absolute atomic E-state index is 13.2. The van der Waals surface area contributed by atoms with Crippen molar-refractivity contribution in [2.24, 2.45) is 0 Å². The van der Waals surface area contributed by atoms with Crippen LogP contribution < -0.4 is 9.50 Å². The molecule has 0 saturated carbocycles. The highest BCUT2D eigenvalue weighted by atomic mass is 32.2. The van der Waals surface area contributed by atoms with E-state index < -0.39 is 27.7 Å². The molecular formula is C23H22N2O7S. The van der Waals surface area contributed by atoms with E-state index in [1.165, 1.54) is 16.7 Å². The Morgan fingerprint density at radius 3 is 2.52 bits per heavy atom. The van der Waals surface area contributed by atoms with Crippen LogP contribution in [0.2, 0.25) is 0 Å². The average molecular weight is 471 g/mol. The van der Waals surface area contributed by atoms with Crippen molar-refractivity contribution in [1.29, 1.82) is 0 Å². The van der Waals surface area contributed by atoms with E-state index in [2.05, 4.69) is 5.32 Å². The van der Waals surface area contributed by atoms with Crippen LogP contribution in [0.1, 0.15) is 47.1 Å². The van der Waals surface area contributed by atoms with Crippen LogP contribution in [0, 0.1) is 0 Å². The number of hydrogen-bond donors (Lipinski definition) is 1. The molecule has 1 aliphatic rings. The number of rotatable bonds is 4. The van der Waals surface area contributed by atoms with Crippen molar-refractivity contribution < 1.29 is 31.7 Å². The van der Waals surface area contributed by atoms with Gasteiger partial charge < -0.3 is 14.2 Å². The predicted molar refractivity (Wildman–Crippen MR) is 121 cm³/mol. The zero-order valence-electron chi connectivity index (χ0n) is 18.5. The molecule has 0 saturated heterocycles. The van der Waals surface area contributed by atoms with Gasteiger partial charge in [-0.25, -0.2) is 9.36 Å². The number of nitrogens with one attached hydrogen (secondary N) is 1. The maximum atomic E-state index is 13.2. The highest BCUT2D eigenvalue weighted by Crippen LogP contribution is 2.38. The fourth-order valence-electron chi connectivity index (χ4n) is 3.78. The molecule has 2 aromatic carbocycles. The van der Waals surface area contributed by atoms with Gasteiger partial charge in [-0.3, -0.25) is 9.59 Å². The number of fused-ring (bicyclic) bond motifs is 2. The first kappa shape index (κ1) is 22.5. The number of ether oxygens (including phenoxy) is 1. The molecule has 10 heteroatoms. The number of aromatic nitrogens is 1. The molecule has 0 bridgehead atoms. The van der Waals surface area contributed by atoms with Gasteiger partial charge in [0.2, 0.25) is 0 Å². The summed E-state index contributed by atoms with van der Waals surface area (Å²) in [7, 11) is -3.82. The predicted octanol–water partition coefficient (Wildman–Crippen LogP) is 3.49. The molecule has 0 atom stereocenters. The van der Waals surface area contributed by atoms with Gasteiger partial charge in [0, 0.05) is 28.6 Å². The summed E-state index contributed by atoms with van der Waals surface area (Å²) in [6.45, 7) is 5.30. The Hall–Kier alpha value is -3.66. The number of benzene rings is 2. The maximum Gasteiger partial charge on any atom is 0.419 e. The third kappa shape index (κ3) is 4.34. The summed E-state index contributed by atoms with van der Waals surface area (Å²) in [6, 6.07) is 9.51. The lowest BCUT2D eigenvalue weighted by molar-refractivity contribution is 0.0546. The summed E-state index contributed by atoms with van der Waals surface area (Å²) < 4.78 is 35.3. The Morgan fingerprint density at radius 1 is 1.15 bits per heavy atom. The molecule has 33 heavy (non-hydrogen) atoms. The molecule has 0 radical (unpaired) electrons. The van der Waals surface area contributed by atoms with E-state index >= 15 is 0 Å². The first-order chi connectivity index (χ1) is 15.4. The van der Waals surface area contributed by atoms with Crippen LogP contribution in [-0.4, -0.2) is 43.1 Å². The molecule has 0 spiro atoms. The van der Waals surface area contributed by atoms with E-state index in [0.29, 0.717) is 39.6 Å². The second kappa shape index (κ2) is 7.73. The Labute approximate surface area is 190 Å². The molecule has 1 N–H and O–H groups in total. The topological polar surface area (TPSA) is 121 Å². The summed E-state index contributed by atoms with van der Waals surface area (Å²) in [4.78, 5) is 37.2. The molecule has 1 aromatic heterocycles. The number of aldehydes is 1. The van der Waals surface area contributed by atoms with Crippen molar-refractivity contribution in [1.82, 2.24) is 9.88 Å². The first-order valence-electron chi connectivity index (χ1n) is 10.1. The van der Waals surface area contributed by atoms with Gasteiger partial charge in [-0.1, -0.05) is 0 Å². The van der Waals surface area contributed by atoms with Crippen LogP contribution in [-0.2, 0) is 21.4 Å². The van der Waals surface area contributed by atoms with E-state index in [4.69, 9.17) is 8.92 Å². The minimum Gasteiger partial charge on any atom is -0.443 e. The third-order valence-corrected chi connectivity index (χ3v) is 5.46. The summed E-state index contributed by atoms with van der Waals surface area (Å²) in [5.74, 6) is -0.383. The van der Waals surface area contributed by atoms with Crippen molar-refractivity contribution in [3.63, 3.8) is 0 Å². The van der Waals surface area contributed by atoms with Gasteiger partial charge in [0.25, 0.3) is 5.91 Å². The Morgan fingerprint density at radius 2 is 1.88 bits per heavy atom. The molecule has 0 fully saturated rings. The zero-order chi connectivity index (χ0) is 24.1. The van der Waals surface area contributed by atoms with E-state index in [1.807, 2.05) is 0 Å². The molecule has 9 nitrogen and oxygen atoms in total. The van der Waals surface area contributed by atoms with Gasteiger partial charge >= 0.3 is 16.2 Å². The minimum absolute atomic E-state index is 0.0396. The lowest BCUT2D eigenvalue weighted by atomic mass is 9.99. The zero-order valence-corrected chi connectivity index (χ0v) is 19.3. The van der Waals surface area contributed by atoms with Crippen LogP contribution in [0.3, 0.4) is 0 Å². The molecule has 3 aromatic rings. The average Bonchev–Trinajstić information content (AvgIpc) is 3.27. The van der Waals surface area contributed by atoms with Crippen LogP contribution in [0.25, 0.3) is 22.2 Å². The third-order valence-electron chi connectivity index (χ3n) is 4.98. The largest absolute Gasteiger partial charge is 0.443 e. The van der Waals surface area contributed by atoms with Gasteiger partial charge in [0.15, 0.2) is 0 Å². The Bertz CT molecular complexity index is 1430. The molecular weight excluding hydrogens is 448 g/mol. The highest BCUT2D eigenvalue weighted by molar-refractivity contribution is 7.86. The minimum atomic E-state index is -3.82. The van der Waals surface area contributed by atoms with Crippen molar-refractivity contribution >= 4 is 39.3 Å². The highest BCUT2D eigenvalue weighted by Gasteiger charge is 2.31. The van der Waals surface area contributed by atoms with Crippen LogP contribution in [0.4, 0.5) is 4.79 Å². The van der Waals surface area contributed by atoms with Gasteiger partial charge in [0.05, 0.1) is 23.0 Å². The van der Waals surface area contributed by atoms with Crippen molar-refractivity contribution in [3.05, 3.63) is 53.1 Å². The lowest BCUT2D eigenvalue weighted by Crippen LogP contribution is -2.27. The number of hydrogen-bond acceptors (Lipinski definition) is 7. The number of carbonyl (C=O) groups is 3. The smallest absolute Gasteiger partial charge is 0.419 e. The number of nitrogens with zero attached hydrogens (tertiary/aromatic N) is 1. The van der Waals surface area contributed by atoms with E-state index in [-0.39, 0.29) is 17.9 Å². The summed E-state index contributed by atoms with van der Waals surface area (Å²) >= 11 is 0. The van der Waals surface area contributed by atoms with Gasteiger partial charge in [-0.2, -0.15) is 8.42 Å². The standard InChI is InChI=1S/C23H22N2O7S/c1-23(2,3)31-22(28)25-17-7-5-13(12-26)9-14(17)10-18(25)15-6-8-19(32-33(4,29)30)16-11-24-21(27)20(15)16/h5-10,12H,11H2,1-4H3,(H,24,27). The summed E-state index contributed by atoms with van der Waals surface area (Å²) in [5.41, 5.74) is 1.48. The van der Waals surface area contributed by atoms with Crippen LogP contribution >= 0.6 is 0 Å². The van der Waals surface area contributed by atoms with E-state index in [0.717, 1.165) is 6.26 Å². The SMILES string of the molecule is CC(C)(C)OC(=O)n1c(-c2ccc(OS(C)(=O)=O)c3c2C(=O)NC3)cc2cc(C=O)ccc21. The second-order valence-corrected chi connectivity index (χ2v) is 10.3. The van der Waals surface area contributed by atoms with Gasteiger partial charge in [-0.15, -0.1) is 0 Å². The van der Waals surface area contributed by atoms with Gasteiger partial charge in [-0.05, 0) is 57.2 Å². The summed E-state index contributed by atoms with van der Waals surface area (Å²) in [5, 5.41) is 3.28. The molecule has 172 valence electrons. The van der Waals surface area contributed by atoms with Crippen molar-refractivity contribution in [2.45, 2.75) is 32.9 Å². The van der Waals surface area contributed by atoms with Gasteiger partial charge in [0.1, 0.15) is 17.6 Å². The number of carbonyl (C=O) groups excluding carboxylic acids is 3. The fraction of sp³-hybridized carbons (Fsp3) is 0.261. The Balaban J connectivity index is 1.99. The van der Waals surface area contributed by atoms with Crippen molar-refractivity contribution in [3.8, 4) is 17.0 Å². The Kier molecular flexibility index (Phi) is 5.28. The normalized spacial score (nSPS) is 13.5. The van der Waals surface area contributed by atoms with Crippen LogP contribution in [0.5, 0.6) is 5.75 Å². The quantitative estimate of drug-likeness (QED) is 0.458. The molecule has 4 rings (SSSR count). The molecule has 1 amide bonds. The second-order valence-electron chi connectivity index (χ2n) is 8.72. The molecule has 0 unspecified atom stereocenters. The summed E-state index contributed by atoms with van der Waals surface area (Å²) in [6.07, 6.45) is 0.963. The molecule has 1 aliphatic heterocycles.